The fourth-order valence-corrected chi connectivity index (χ4v) is 2.67. The molecule has 0 atom stereocenters. The van der Waals surface area contributed by atoms with Crippen LogP contribution < -0.4 is 0 Å². The lowest BCUT2D eigenvalue weighted by molar-refractivity contribution is -0.122. The Labute approximate surface area is 102 Å². The average molecular weight is 254 g/mol. The number of nitrogens with zero attached hydrogens (tertiary/aromatic N) is 1. The number of thiocarbonyl (C=S) groups is 1. The van der Waals surface area contributed by atoms with E-state index in [0.717, 1.165) is 5.69 Å². The highest BCUT2D eigenvalue weighted by Crippen LogP contribution is 2.31. The first-order valence-corrected chi connectivity index (χ1v) is 5.94. The Morgan fingerprint density at radius 3 is 3.06 bits per heavy atom. The number of thioether (sulfide) groups is 1. The summed E-state index contributed by atoms with van der Waals surface area (Å²) in [5.41, 5.74) is 0.865. The molecule has 0 saturated carbocycles. The number of rotatable bonds is 3. The van der Waals surface area contributed by atoms with Crippen LogP contribution >= 0.6 is 24.0 Å². The molecule has 1 aliphatic heterocycles. The fraction of sp³-hybridized carbons (Fsp3) is 0.200. The Bertz CT molecular complexity index is 440. The SMILES string of the molecule is O=C1/C(=C/c2ccc[nH]2)SC(=S)N1CCO. The molecule has 1 fully saturated rings. The molecule has 1 saturated heterocycles. The van der Waals surface area contributed by atoms with Gasteiger partial charge in [0.1, 0.15) is 4.32 Å². The third-order valence-electron chi connectivity index (χ3n) is 2.11. The summed E-state index contributed by atoms with van der Waals surface area (Å²) in [7, 11) is 0. The van der Waals surface area contributed by atoms with E-state index in [1.807, 2.05) is 12.1 Å². The van der Waals surface area contributed by atoms with E-state index in [4.69, 9.17) is 17.3 Å². The maximum atomic E-state index is 11.9. The predicted octanol–water partition coefficient (Wildman–Crippen LogP) is 1.21. The second-order valence-electron chi connectivity index (χ2n) is 3.18. The molecule has 2 rings (SSSR count). The van der Waals surface area contributed by atoms with Crippen LogP contribution in [0.25, 0.3) is 6.08 Å². The normalized spacial score (nSPS) is 18.8. The van der Waals surface area contributed by atoms with Crippen LogP contribution in [0.1, 0.15) is 5.69 Å². The van der Waals surface area contributed by atoms with Crippen molar-refractivity contribution in [1.29, 1.82) is 0 Å². The van der Waals surface area contributed by atoms with Gasteiger partial charge in [0.2, 0.25) is 0 Å². The molecular weight excluding hydrogens is 244 g/mol. The van der Waals surface area contributed by atoms with Crippen LogP contribution in [-0.2, 0) is 4.79 Å². The summed E-state index contributed by atoms with van der Waals surface area (Å²) in [4.78, 5) is 16.8. The van der Waals surface area contributed by atoms with E-state index in [0.29, 0.717) is 9.23 Å². The van der Waals surface area contributed by atoms with Crippen molar-refractivity contribution >= 4 is 40.3 Å². The number of aromatic nitrogens is 1. The number of H-pyrrole nitrogens is 1. The van der Waals surface area contributed by atoms with E-state index in [2.05, 4.69) is 4.98 Å². The summed E-state index contributed by atoms with van der Waals surface area (Å²) in [6, 6.07) is 3.74. The minimum absolute atomic E-state index is 0.0811. The Balaban J connectivity index is 2.20. The largest absolute Gasteiger partial charge is 0.395 e. The van der Waals surface area contributed by atoms with Crippen molar-refractivity contribution in [2.24, 2.45) is 0 Å². The standard InChI is InChI=1S/C10H10N2O2S2/c13-5-4-12-9(14)8(16-10(12)15)6-7-2-1-3-11-7/h1-3,6,11,13H,4-5H2/b8-6-. The van der Waals surface area contributed by atoms with E-state index < -0.39 is 0 Å². The van der Waals surface area contributed by atoms with Crippen molar-refractivity contribution in [3.05, 3.63) is 28.9 Å². The molecule has 4 nitrogen and oxygen atoms in total. The number of nitrogens with one attached hydrogen (secondary N) is 1. The number of aliphatic hydroxyl groups excluding tert-OH is 1. The van der Waals surface area contributed by atoms with Crippen molar-refractivity contribution in [3.63, 3.8) is 0 Å². The highest BCUT2D eigenvalue weighted by Gasteiger charge is 2.31. The van der Waals surface area contributed by atoms with Crippen LogP contribution in [0.2, 0.25) is 0 Å². The molecule has 1 amide bonds. The van der Waals surface area contributed by atoms with E-state index in [9.17, 15) is 4.79 Å². The zero-order chi connectivity index (χ0) is 11.5. The fourth-order valence-electron chi connectivity index (χ4n) is 1.37. The molecule has 1 aromatic heterocycles. The average Bonchev–Trinajstić information content (AvgIpc) is 2.84. The second-order valence-corrected chi connectivity index (χ2v) is 4.86. The van der Waals surface area contributed by atoms with E-state index >= 15 is 0 Å². The van der Waals surface area contributed by atoms with Gasteiger partial charge in [-0.05, 0) is 18.2 Å². The van der Waals surface area contributed by atoms with Gasteiger partial charge in [0.15, 0.2) is 0 Å². The monoisotopic (exact) mass is 254 g/mol. The Hall–Kier alpha value is -1.11. The minimum atomic E-state index is -0.140. The number of aromatic amines is 1. The Morgan fingerprint density at radius 1 is 1.62 bits per heavy atom. The van der Waals surface area contributed by atoms with Crippen molar-refractivity contribution in [2.45, 2.75) is 0 Å². The molecule has 0 unspecified atom stereocenters. The third-order valence-corrected chi connectivity index (χ3v) is 3.48. The van der Waals surface area contributed by atoms with Crippen LogP contribution in [-0.4, -0.2) is 38.4 Å². The number of carbonyl (C=O) groups excluding carboxylic acids is 1. The highest BCUT2D eigenvalue weighted by molar-refractivity contribution is 8.26. The van der Waals surface area contributed by atoms with Crippen LogP contribution in [0.3, 0.4) is 0 Å². The zero-order valence-electron chi connectivity index (χ0n) is 8.34. The first kappa shape index (κ1) is 11.4. The molecule has 84 valence electrons. The van der Waals surface area contributed by atoms with Gasteiger partial charge in [-0.1, -0.05) is 24.0 Å². The van der Waals surface area contributed by atoms with Crippen LogP contribution in [0.4, 0.5) is 0 Å². The van der Waals surface area contributed by atoms with E-state index in [1.165, 1.54) is 16.7 Å². The lowest BCUT2D eigenvalue weighted by Gasteiger charge is -2.11. The molecular formula is C10H10N2O2S2. The van der Waals surface area contributed by atoms with Gasteiger partial charge in [-0.2, -0.15) is 0 Å². The Kier molecular flexibility index (Phi) is 3.42. The first-order chi connectivity index (χ1) is 7.72. The summed E-state index contributed by atoms with van der Waals surface area (Å²) in [5, 5.41) is 8.82. The molecule has 2 heterocycles. The molecule has 1 aromatic rings. The molecule has 0 bridgehead atoms. The molecule has 0 spiro atoms. The van der Waals surface area contributed by atoms with Gasteiger partial charge in [0.25, 0.3) is 5.91 Å². The number of β-amino-alcohol motifs (C(OH)–C–C–N with tert-alkyl or cyclic N) is 1. The molecule has 2 N–H and O–H groups in total. The summed E-state index contributed by atoms with van der Waals surface area (Å²) in [5.74, 6) is -0.140. The summed E-state index contributed by atoms with van der Waals surface area (Å²) in [6.45, 7) is 0.176. The van der Waals surface area contributed by atoms with Gasteiger partial charge in [0.05, 0.1) is 18.1 Å². The van der Waals surface area contributed by atoms with Crippen molar-refractivity contribution in [3.8, 4) is 0 Å². The minimum Gasteiger partial charge on any atom is -0.395 e. The third kappa shape index (κ3) is 2.18. The van der Waals surface area contributed by atoms with Gasteiger partial charge in [-0.15, -0.1) is 0 Å². The summed E-state index contributed by atoms with van der Waals surface area (Å²) < 4.78 is 0.497. The van der Waals surface area contributed by atoms with Crippen LogP contribution in [0.15, 0.2) is 23.2 Å². The number of hydrogen-bond acceptors (Lipinski definition) is 4. The molecule has 0 aromatic carbocycles. The number of hydrogen-bond donors (Lipinski definition) is 2. The summed E-state index contributed by atoms with van der Waals surface area (Å²) >= 11 is 6.32. The van der Waals surface area contributed by atoms with Crippen molar-refractivity contribution in [2.75, 3.05) is 13.2 Å². The van der Waals surface area contributed by atoms with Crippen LogP contribution in [0.5, 0.6) is 0 Å². The molecule has 0 radical (unpaired) electrons. The predicted molar refractivity (Wildman–Crippen MR) is 67.8 cm³/mol. The van der Waals surface area contributed by atoms with Gasteiger partial charge < -0.3 is 10.1 Å². The van der Waals surface area contributed by atoms with E-state index in [1.54, 1.807) is 12.3 Å². The maximum Gasteiger partial charge on any atom is 0.266 e. The first-order valence-electron chi connectivity index (χ1n) is 4.72. The van der Waals surface area contributed by atoms with Gasteiger partial charge in [0, 0.05) is 11.9 Å². The van der Waals surface area contributed by atoms with Crippen LogP contribution in [0, 0.1) is 0 Å². The molecule has 1 aliphatic rings. The molecule has 6 heteroatoms. The number of carbonyl (C=O) groups is 1. The smallest absolute Gasteiger partial charge is 0.266 e. The number of amides is 1. The second kappa shape index (κ2) is 4.82. The lowest BCUT2D eigenvalue weighted by Crippen LogP contribution is -2.30. The van der Waals surface area contributed by atoms with Crippen molar-refractivity contribution < 1.29 is 9.90 Å². The number of aliphatic hydroxyl groups is 1. The zero-order valence-corrected chi connectivity index (χ0v) is 9.98. The van der Waals surface area contributed by atoms with Gasteiger partial charge in [-0.3, -0.25) is 9.69 Å². The lowest BCUT2D eigenvalue weighted by atomic mass is 10.3. The topological polar surface area (TPSA) is 56.3 Å². The molecule has 0 aliphatic carbocycles. The quantitative estimate of drug-likeness (QED) is 0.629. The van der Waals surface area contributed by atoms with Gasteiger partial charge >= 0.3 is 0 Å². The van der Waals surface area contributed by atoms with E-state index in [-0.39, 0.29) is 19.1 Å². The highest BCUT2D eigenvalue weighted by atomic mass is 32.2. The maximum absolute atomic E-state index is 11.9. The molecule has 16 heavy (non-hydrogen) atoms. The Morgan fingerprint density at radius 2 is 2.44 bits per heavy atom. The van der Waals surface area contributed by atoms with Gasteiger partial charge in [-0.25, -0.2) is 0 Å². The van der Waals surface area contributed by atoms with Crippen molar-refractivity contribution in [1.82, 2.24) is 9.88 Å². The summed E-state index contributed by atoms with van der Waals surface area (Å²) in [6.07, 6.45) is 3.55.